The standard InChI is InChI=1S/C22H23ClN4O4/c1-31-20(28)7-3-14-2-5-18(26-21(29)15-8-10-24-11-9-15)17(12-14)22(30)27-19-6-4-16(23)13-25-19/h2-7,12-13,15,24H,8-11H2,1H3,(H,26,29)(H,25,27,30). The van der Waals surface area contributed by atoms with Gasteiger partial charge in [-0.3, -0.25) is 9.59 Å². The van der Waals surface area contributed by atoms with Crippen molar-refractivity contribution in [2.24, 2.45) is 5.92 Å². The van der Waals surface area contributed by atoms with Crippen molar-refractivity contribution < 1.29 is 19.1 Å². The van der Waals surface area contributed by atoms with Crippen molar-refractivity contribution in [2.75, 3.05) is 30.8 Å². The molecule has 1 aliphatic heterocycles. The van der Waals surface area contributed by atoms with E-state index in [1.54, 1.807) is 30.3 Å². The van der Waals surface area contributed by atoms with Crippen molar-refractivity contribution >= 4 is 47.0 Å². The zero-order valence-corrected chi connectivity index (χ0v) is 17.7. The molecule has 0 atom stereocenters. The van der Waals surface area contributed by atoms with Crippen LogP contribution in [0.4, 0.5) is 11.5 Å². The molecule has 31 heavy (non-hydrogen) atoms. The number of carbonyl (C=O) groups excluding carboxylic acids is 3. The Morgan fingerprint density at radius 3 is 2.61 bits per heavy atom. The van der Waals surface area contributed by atoms with E-state index in [-0.39, 0.29) is 17.4 Å². The number of nitrogens with zero attached hydrogens (tertiary/aromatic N) is 1. The fourth-order valence-corrected chi connectivity index (χ4v) is 3.26. The summed E-state index contributed by atoms with van der Waals surface area (Å²) in [7, 11) is 1.28. The zero-order valence-electron chi connectivity index (χ0n) is 17.0. The minimum absolute atomic E-state index is 0.117. The van der Waals surface area contributed by atoms with E-state index < -0.39 is 11.9 Å². The van der Waals surface area contributed by atoms with E-state index in [1.807, 2.05) is 0 Å². The molecular weight excluding hydrogens is 420 g/mol. The van der Waals surface area contributed by atoms with E-state index in [4.69, 9.17) is 11.6 Å². The fraction of sp³-hybridized carbons (Fsp3) is 0.273. The largest absolute Gasteiger partial charge is 0.466 e. The lowest BCUT2D eigenvalue weighted by Gasteiger charge is -2.22. The summed E-state index contributed by atoms with van der Waals surface area (Å²) in [6.45, 7) is 1.57. The Labute approximate surface area is 185 Å². The molecule has 0 bridgehead atoms. The SMILES string of the molecule is COC(=O)C=Cc1ccc(NC(=O)C2CCNCC2)c(C(=O)Nc2ccc(Cl)cn2)c1. The van der Waals surface area contributed by atoms with Crippen LogP contribution in [0.25, 0.3) is 6.08 Å². The van der Waals surface area contributed by atoms with Gasteiger partial charge in [-0.05, 0) is 61.8 Å². The fourth-order valence-electron chi connectivity index (χ4n) is 3.15. The van der Waals surface area contributed by atoms with Crippen molar-refractivity contribution in [3.8, 4) is 0 Å². The summed E-state index contributed by atoms with van der Waals surface area (Å²) in [5.74, 6) is -0.893. The highest BCUT2D eigenvalue weighted by atomic mass is 35.5. The maximum atomic E-state index is 13.0. The maximum absolute atomic E-state index is 13.0. The molecule has 0 spiro atoms. The van der Waals surface area contributed by atoms with Gasteiger partial charge in [-0.2, -0.15) is 0 Å². The van der Waals surface area contributed by atoms with Crippen LogP contribution in [-0.4, -0.2) is 43.0 Å². The van der Waals surface area contributed by atoms with Crippen molar-refractivity contribution in [1.29, 1.82) is 0 Å². The van der Waals surface area contributed by atoms with Crippen LogP contribution in [0.1, 0.15) is 28.8 Å². The number of nitrogens with one attached hydrogen (secondary N) is 3. The minimum Gasteiger partial charge on any atom is -0.466 e. The number of hydrogen-bond acceptors (Lipinski definition) is 6. The number of piperidine rings is 1. The van der Waals surface area contributed by atoms with Gasteiger partial charge in [0.15, 0.2) is 0 Å². The predicted molar refractivity (Wildman–Crippen MR) is 119 cm³/mol. The lowest BCUT2D eigenvalue weighted by molar-refractivity contribution is -0.134. The Hall–Kier alpha value is -3.23. The number of benzene rings is 1. The molecule has 1 aromatic carbocycles. The second-order valence-corrected chi connectivity index (χ2v) is 7.43. The first kappa shape index (κ1) is 22.5. The van der Waals surface area contributed by atoms with Gasteiger partial charge in [0.25, 0.3) is 5.91 Å². The first-order valence-electron chi connectivity index (χ1n) is 9.81. The number of halogens is 1. The highest BCUT2D eigenvalue weighted by molar-refractivity contribution is 6.30. The summed E-state index contributed by atoms with van der Waals surface area (Å²) in [6, 6.07) is 8.12. The molecule has 0 unspecified atom stereocenters. The van der Waals surface area contributed by atoms with Gasteiger partial charge in [0.1, 0.15) is 5.82 Å². The van der Waals surface area contributed by atoms with E-state index in [0.717, 1.165) is 25.9 Å². The van der Waals surface area contributed by atoms with E-state index >= 15 is 0 Å². The number of ether oxygens (including phenoxy) is 1. The summed E-state index contributed by atoms with van der Waals surface area (Å²) in [5.41, 5.74) is 1.22. The minimum atomic E-state index is -0.514. The summed E-state index contributed by atoms with van der Waals surface area (Å²) in [6.07, 6.45) is 5.68. The number of aromatic nitrogens is 1. The molecule has 162 valence electrons. The molecule has 0 saturated carbocycles. The van der Waals surface area contributed by atoms with Crippen LogP contribution < -0.4 is 16.0 Å². The third-order valence-corrected chi connectivity index (χ3v) is 5.06. The second kappa shape index (κ2) is 10.7. The first-order valence-corrected chi connectivity index (χ1v) is 10.2. The average Bonchev–Trinajstić information content (AvgIpc) is 2.80. The number of carbonyl (C=O) groups is 3. The molecule has 1 aliphatic rings. The Morgan fingerprint density at radius 1 is 1.16 bits per heavy atom. The number of esters is 1. The summed E-state index contributed by atoms with van der Waals surface area (Å²) in [4.78, 5) is 41.1. The maximum Gasteiger partial charge on any atom is 0.330 e. The number of hydrogen-bond donors (Lipinski definition) is 3. The molecule has 0 aliphatic carbocycles. The van der Waals surface area contributed by atoms with Gasteiger partial charge >= 0.3 is 5.97 Å². The Balaban J connectivity index is 1.86. The Bertz CT molecular complexity index is 986. The Kier molecular flexibility index (Phi) is 7.75. The van der Waals surface area contributed by atoms with Crippen molar-refractivity contribution in [1.82, 2.24) is 10.3 Å². The summed E-state index contributed by atoms with van der Waals surface area (Å²) < 4.78 is 4.60. The van der Waals surface area contributed by atoms with Crippen LogP contribution in [0.3, 0.4) is 0 Å². The van der Waals surface area contributed by atoms with Crippen LogP contribution in [-0.2, 0) is 14.3 Å². The molecule has 2 amide bonds. The molecule has 1 fully saturated rings. The van der Waals surface area contributed by atoms with Gasteiger partial charge in [-0.1, -0.05) is 17.7 Å². The van der Waals surface area contributed by atoms with E-state index in [2.05, 4.69) is 25.7 Å². The molecule has 9 heteroatoms. The monoisotopic (exact) mass is 442 g/mol. The van der Waals surface area contributed by atoms with E-state index in [1.165, 1.54) is 25.5 Å². The van der Waals surface area contributed by atoms with Crippen LogP contribution >= 0.6 is 11.6 Å². The van der Waals surface area contributed by atoms with Crippen molar-refractivity contribution in [3.05, 3.63) is 58.8 Å². The van der Waals surface area contributed by atoms with Crippen molar-refractivity contribution in [3.63, 3.8) is 0 Å². The number of rotatable bonds is 6. The second-order valence-electron chi connectivity index (χ2n) is 6.99. The molecule has 8 nitrogen and oxygen atoms in total. The van der Waals surface area contributed by atoms with Gasteiger partial charge in [0, 0.05) is 18.2 Å². The highest BCUT2D eigenvalue weighted by Gasteiger charge is 2.23. The molecule has 3 rings (SSSR count). The molecule has 0 radical (unpaired) electrons. The normalized spacial score (nSPS) is 14.3. The lowest BCUT2D eigenvalue weighted by atomic mass is 9.97. The summed E-state index contributed by atoms with van der Waals surface area (Å²) in [5, 5.41) is 9.24. The molecule has 3 N–H and O–H groups in total. The molecular formula is C22H23ClN4O4. The average molecular weight is 443 g/mol. The lowest BCUT2D eigenvalue weighted by Crippen LogP contribution is -2.35. The van der Waals surface area contributed by atoms with Gasteiger partial charge in [-0.15, -0.1) is 0 Å². The Morgan fingerprint density at radius 2 is 1.94 bits per heavy atom. The van der Waals surface area contributed by atoms with Crippen LogP contribution in [0.5, 0.6) is 0 Å². The van der Waals surface area contributed by atoms with E-state index in [9.17, 15) is 14.4 Å². The van der Waals surface area contributed by atoms with Gasteiger partial charge in [-0.25, -0.2) is 9.78 Å². The summed E-state index contributed by atoms with van der Waals surface area (Å²) >= 11 is 5.84. The number of amides is 2. The molecule has 1 aromatic heterocycles. The van der Waals surface area contributed by atoms with Crippen LogP contribution in [0.2, 0.25) is 5.02 Å². The molecule has 2 heterocycles. The first-order chi connectivity index (χ1) is 15.0. The zero-order chi connectivity index (χ0) is 22.2. The van der Waals surface area contributed by atoms with Crippen molar-refractivity contribution in [2.45, 2.75) is 12.8 Å². The number of anilines is 2. The third kappa shape index (κ3) is 6.37. The molecule has 2 aromatic rings. The highest BCUT2D eigenvalue weighted by Crippen LogP contribution is 2.23. The van der Waals surface area contributed by atoms with Crippen LogP contribution in [0, 0.1) is 5.92 Å². The predicted octanol–water partition coefficient (Wildman–Crippen LogP) is 3.11. The topological polar surface area (TPSA) is 109 Å². The number of methoxy groups -OCH3 is 1. The smallest absolute Gasteiger partial charge is 0.330 e. The van der Waals surface area contributed by atoms with Gasteiger partial charge in [0.2, 0.25) is 5.91 Å². The third-order valence-electron chi connectivity index (χ3n) is 4.84. The number of pyridine rings is 1. The van der Waals surface area contributed by atoms with Crippen LogP contribution in [0.15, 0.2) is 42.6 Å². The van der Waals surface area contributed by atoms with Gasteiger partial charge in [0.05, 0.1) is 23.4 Å². The quantitative estimate of drug-likeness (QED) is 0.468. The van der Waals surface area contributed by atoms with E-state index in [0.29, 0.717) is 22.1 Å². The van der Waals surface area contributed by atoms with Gasteiger partial charge < -0.3 is 20.7 Å². The molecule has 1 saturated heterocycles.